The molecule has 0 saturated carbocycles. The molecule has 0 radical (unpaired) electrons. The van der Waals surface area contributed by atoms with E-state index in [9.17, 15) is 4.79 Å². The summed E-state index contributed by atoms with van der Waals surface area (Å²) in [5.41, 5.74) is 4.88. The van der Waals surface area contributed by atoms with Crippen LogP contribution in [0.4, 0.5) is 4.79 Å². The van der Waals surface area contributed by atoms with Gasteiger partial charge in [0.2, 0.25) is 0 Å². The summed E-state index contributed by atoms with van der Waals surface area (Å²) in [7, 11) is 0. The molecule has 1 saturated heterocycles. The molecule has 0 aliphatic carbocycles. The molecule has 0 atom stereocenters. The van der Waals surface area contributed by atoms with E-state index in [0.29, 0.717) is 19.7 Å². The van der Waals surface area contributed by atoms with E-state index in [-0.39, 0.29) is 6.09 Å². The number of hydrogen-bond donors (Lipinski definition) is 0. The zero-order valence-corrected chi connectivity index (χ0v) is 17.3. The van der Waals surface area contributed by atoms with Gasteiger partial charge in [-0.05, 0) is 45.5 Å². The van der Waals surface area contributed by atoms with Crippen LogP contribution in [-0.4, -0.2) is 42.1 Å². The third kappa shape index (κ3) is 5.46. The van der Waals surface area contributed by atoms with Crippen molar-refractivity contribution in [3.8, 4) is 0 Å². The zero-order chi connectivity index (χ0) is 19.9. The van der Waals surface area contributed by atoms with Crippen molar-refractivity contribution < 1.29 is 9.53 Å². The molecule has 5 heteroatoms. The average molecular weight is 407 g/mol. The normalized spacial score (nSPS) is 14.7. The second kappa shape index (κ2) is 9.72. The fourth-order valence-electron chi connectivity index (χ4n) is 3.65. The number of carbonyl (C=O) groups excluding carboxylic acids is 1. The lowest BCUT2D eigenvalue weighted by atomic mass is 10.0. The van der Waals surface area contributed by atoms with E-state index in [4.69, 9.17) is 4.74 Å². The molecule has 1 aliphatic heterocycles. The summed E-state index contributed by atoms with van der Waals surface area (Å²) in [4.78, 5) is 16.8. The van der Waals surface area contributed by atoms with Crippen LogP contribution in [-0.2, 0) is 24.3 Å². The number of carbonyl (C=O) groups is 1. The number of ether oxygens (including phenoxy) is 1. The van der Waals surface area contributed by atoms with Gasteiger partial charge in [0, 0.05) is 32.7 Å². The van der Waals surface area contributed by atoms with E-state index in [1.807, 2.05) is 29.2 Å². The molecule has 0 bridgehead atoms. The first kappa shape index (κ1) is 19.7. The third-order valence-electron chi connectivity index (χ3n) is 5.32. The Morgan fingerprint density at radius 2 is 1.59 bits per heavy atom. The van der Waals surface area contributed by atoms with Crippen molar-refractivity contribution in [1.82, 2.24) is 9.80 Å². The lowest BCUT2D eigenvalue weighted by Crippen LogP contribution is -2.48. The highest BCUT2D eigenvalue weighted by molar-refractivity contribution is 7.07. The molecule has 4 nitrogen and oxygen atoms in total. The van der Waals surface area contributed by atoms with Crippen LogP contribution in [0.2, 0.25) is 0 Å². The highest BCUT2D eigenvalue weighted by Gasteiger charge is 2.22. The minimum atomic E-state index is -0.213. The number of thiophene rings is 1. The van der Waals surface area contributed by atoms with Crippen LogP contribution in [0.3, 0.4) is 0 Å². The number of rotatable bonds is 6. The molecule has 0 spiro atoms. The second-order valence-corrected chi connectivity index (χ2v) is 8.16. The van der Waals surface area contributed by atoms with Crippen molar-refractivity contribution in [2.24, 2.45) is 0 Å². The number of piperazine rings is 1. The van der Waals surface area contributed by atoms with Crippen LogP contribution in [0.25, 0.3) is 0 Å². The monoisotopic (exact) mass is 406 g/mol. The number of hydrogen-bond acceptors (Lipinski definition) is 4. The Balaban J connectivity index is 1.28. The molecule has 1 aliphatic rings. The molecule has 0 unspecified atom stereocenters. The number of benzene rings is 2. The average Bonchev–Trinajstić information content (AvgIpc) is 3.27. The molecule has 1 aromatic heterocycles. The Morgan fingerprint density at radius 1 is 0.862 bits per heavy atom. The van der Waals surface area contributed by atoms with Gasteiger partial charge < -0.3 is 9.64 Å². The fraction of sp³-hybridized carbons (Fsp3) is 0.292. The summed E-state index contributed by atoms with van der Waals surface area (Å²) in [6, 6.07) is 20.7. The van der Waals surface area contributed by atoms with E-state index in [1.165, 1.54) is 16.7 Å². The van der Waals surface area contributed by atoms with Gasteiger partial charge >= 0.3 is 6.09 Å². The van der Waals surface area contributed by atoms with Crippen molar-refractivity contribution in [3.05, 3.63) is 93.7 Å². The van der Waals surface area contributed by atoms with Gasteiger partial charge in [-0.2, -0.15) is 11.3 Å². The molecule has 29 heavy (non-hydrogen) atoms. The molecule has 4 rings (SSSR count). The Hall–Kier alpha value is -2.63. The van der Waals surface area contributed by atoms with Crippen molar-refractivity contribution in [3.63, 3.8) is 0 Å². The second-order valence-electron chi connectivity index (χ2n) is 7.38. The number of nitrogens with zero attached hydrogens (tertiary/aromatic N) is 2. The maximum atomic E-state index is 12.6. The zero-order valence-electron chi connectivity index (χ0n) is 16.5. The van der Waals surface area contributed by atoms with Crippen LogP contribution >= 0.6 is 11.3 Å². The summed E-state index contributed by atoms with van der Waals surface area (Å²) in [6.07, 6.45) is 0.630. The molecular formula is C24H26N2O2S. The Kier molecular flexibility index (Phi) is 6.60. The summed E-state index contributed by atoms with van der Waals surface area (Å²) in [5, 5.41) is 4.30. The Labute approximate surface area is 176 Å². The van der Waals surface area contributed by atoms with E-state index >= 15 is 0 Å². The van der Waals surface area contributed by atoms with Crippen molar-refractivity contribution in [2.75, 3.05) is 26.2 Å². The van der Waals surface area contributed by atoms with E-state index in [0.717, 1.165) is 31.6 Å². The topological polar surface area (TPSA) is 32.8 Å². The molecule has 1 amide bonds. The van der Waals surface area contributed by atoms with Crippen LogP contribution in [0.1, 0.15) is 22.3 Å². The van der Waals surface area contributed by atoms with Crippen molar-refractivity contribution in [2.45, 2.75) is 19.6 Å². The van der Waals surface area contributed by atoms with Gasteiger partial charge in [-0.15, -0.1) is 0 Å². The summed E-state index contributed by atoms with van der Waals surface area (Å²) in [6.45, 7) is 4.48. The smallest absolute Gasteiger partial charge is 0.410 e. The van der Waals surface area contributed by atoms with Crippen molar-refractivity contribution >= 4 is 17.4 Å². The third-order valence-corrected chi connectivity index (χ3v) is 6.06. The van der Waals surface area contributed by atoms with Gasteiger partial charge in [-0.1, -0.05) is 54.6 Å². The molecule has 2 aromatic carbocycles. The summed E-state index contributed by atoms with van der Waals surface area (Å²) < 4.78 is 5.66. The minimum Gasteiger partial charge on any atom is -0.445 e. The molecule has 3 aromatic rings. The first-order valence-electron chi connectivity index (χ1n) is 10.0. The van der Waals surface area contributed by atoms with E-state index in [1.54, 1.807) is 11.3 Å². The highest BCUT2D eigenvalue weighted by atomic mass is 32.1. The lowest BCUT2D eigenvalue weighted by Gasteiger charge is -2.33. The molecule has 1 fully saturated rings. The van der Waals surface area contributed by atoms with Crippen molar-refractivity contribution in [1.29, 1.82) is 0 Å². The van der Waals surface area contributed by atoms with Crippen LogP contribution in [0.5, 0.6) is 0 Å². The molecular weight excluding hydrogens is 380 g/mol. The van der Waals surface area contributed by atoms with E-state index < -0.39 is 0 Å². The first-order chi connectivity index (χ1) is 14.3. The maximum Gasteiger partial charge on any atom is 0.410 e. The maximum absolute atomic E-state index is 12.6. The minimum absolute atomic E-state index is 0.213. The van der Waals surface area contributed by atoms with Gasteiger partial charge in [0.25, 0.3) is 0 Å². The Bertz CT molecular complexity index is 904. The predicted octanol–water partition coefficient (Wildman–Crippen LogP) is 4.79. The molecule has 0 N–H and O–H groups in total. The van der Waals surface area contributed by atoms with Crippen LogP contribution in [0.15, 0.2) is 71.4 Å². The SMILES string of the molecule is O=C(OCc1ccccc1Cc1ccccc1)N1CCN(Cc2ccsc2)CC1. The van der Waals surface area contributed by atoms with Gasteiger partial charge in [-0.25, -0.2) is 4.79 Å². The largest absolute Gasteiger partial charge is 0.445 e. The van der Waals surface area contributed by atoms with E-state index in [2.05, 4.69) is 52.1 Å². The van der Waals surface area contributed by atoms with Gasteiger partial charge in [-0.3, -0.25) is 4.90 Å². The van der Waals surface area contributed by atoms with Gasteiger partial charge in [0.05, 0.1) is 0 Å². The molecule has 150 valence electrons. The first-order valence-corrected chi connectivity index (χ1v) is 11.0. The molecule has 2 heterocycles. The highest BCUT2D eigenvalue weighted by Crippen LogP contribution is 2.17. The Morgan fingerprint density at radius 3 is 2.31 bits per heavy atom. The lowest BCUT2D eigenvalue weighted by molar-refractivity contribution is 0.0699. The summed E-state index contributed by atoms with van der Waals surface area (Å²) >= 11 is 1.73. The predicted molar refractivity (Wildman–Crippen MR) is 117 cm³/mol. The van der Waals surface area contributed by atoms with Gasteiger partial charge in [0.15, 0.2) is 0 Å². The number of amides is 1. The standard InChI is InChI=1S/C24H26N2O2S/c27-24(26-13-11-25(12-14-26)17-21-10-15-29-19-21)28-18-23-9-5-4-8-22(23)16-20-6-2-1-3-7-20/h1-10,15,19H,11-14,16-18H2. The van der Waals surface area contributed by atoms with Gasteiger partial charge in [0.1, 0.15) is 6.61 Å². The van der Waals surface area contributed by atoms with Crippen LogP contribution in [0, 0.1) is 0 Å². The quantitative estimate of drug-likeness (QED) is 0.590. The fourth-order valence-corrected chi connectivity index (χ4v) is 4.31. The van der Waals surface area contributed by atoms with Crippen LogP contribution < -0.4 is 0 Å². The summed E-state index contributed by atoms with van der Waals surface area (Å²) in [5.74, 6) is 0.